The summed E-state index contributed by atoms with van der Waals surface area (Å²) < 4.78 is 0. The van der Waals surface area contributed by atoms with Gasteiger partial charge in [0.1, 0.15) is 6.29 Å². The lowest BCUT2D eigenvalue weighted by molar-refractivity contribution is -0.104. The average Bonchev–Trinajstić information content (AvgIpc) is 2.49. The Morgan fingerprint density at radius 2 is 1.30 bits per heavy atom. The number of aldehydes is 1. The lowest BCUT2D eigenvalue weighted by Crippen LogP contribution is -2.22. The number of rotatable bonds is 7. The predicted molar refractivity (Wildman–Crippen MR) is 82.2 cm³/mol. The van der Waals surface area contributed by atoms with Crippen molar-refractivity contribution in [2.24, 2.45) is 0 Å². The third-order valence-electron chi connectivity index (χ3n) is 3.08. The summed E-state index contributed by atoms with van der Waals surface area (Å²) in [5, 5.41) is 0. The summed E-state index contributed by atoms with van der Waals surface area (Å²) in [5.74, 6) is 0. The Morgan fingerprint density at radius 1 is 0.800 bits per heavy atom. The van der Waals surface area contributed by atoms with Crippen molar-refractivity contribution in [2.75, 3.05) is 6.54 Å². The van der Waals surface area contributed by atoms with E-state index < -0.39 is 0 Å². The molecule has 0 N–H and O–H groups in total. The highest BCUT2D eigenvalue weighted by Crippen LogP contribution is 2.09. The van der Waals surface area contributed by atoms with Gasteiger partial charge in [0.2, 0.25) is 0 Å². The Kier molecular flexibility index (Phi) is 5.74. The van der Waals surface area contributed by atoms with Crippen molar-refractivity contribution in [2.45, 2.75) is 13.1 Å². The van der Waals surface area contributed by atoms with Gasteiger partial charge in [-0.05, 0) is 17.2 Å². The zero-order valence-electron chi connectivity index (χ0n) is 11.5. The lowest BCUT2D eigenvalue weighted by Gasteiger charge is -2.21. The van der Waals surface area contributed by atoms with Crippen LogP contribution in [0.1, 0.15) is 11.1 Å². The van der Waals surface area contributed by atoms with Crippen molar-refractivity contribution in [3.63, 3.8) is 0 Å². The third-order valence-corrected chi connectivity index (χ3v) is 3.08. The molecular weight excluding hydrogens is 246 g/mol. The summed E-state index contributed by atoms with van der Waals surface area (Å²) in [6.45, 7) is 2.51. The van der Waals surface area contributed by atoms with E-state index in [9.17, 15) is 4.79 Å². The summed E-state index contributed by atoms with van der Waals surface area (Å²) in [7, 11) is 0. The number of carbonyl (C=O) groups excluding carboxylic acids is 1. The average molecular weight is 265 g/mol. The molecule has 0 radical (unpaired) electrons. The van der Waals surface area contributed by atoms with Gasteiger partial charge in [0, 0.05) is 19.6 Å². The molecular formula is C18H19NO. The molecule has 0 heterocycles. The maximum atomic E-state index is 10.4. The molecule has 20 heavy (non-hydrogen) atoms. The second-order valence-electron chi connectivity index (χ2n) is 4.71. The molecule has 2 aromatic carbocycles. The van der Waals surface area contributed by atoms with E-state index in [2.05, 4.69) is 53.4 Å². The van der Waals surface area contributed by atoms with Gasteiger partial charge in [-0.1, -0.05) is 66.7 Å². The van der Waals surface area contributed by atoms with Gasteiger partial charge in [-0.15, -0.1) is 0 Å². The van der Waals surface area contributed by atoms with Crippen LogP contribution in [0, 0.1) is 0 Å². The fraction of sp³-hybridized carbons (Fsp3) is 0.167. The highest BCUT2D eigenvalue weighted by molar-refractivity contribution is 5.64. The normalized spacial score (nSPS) is 11.1. The number of hydrogen-bond acceptors (Lipinski definition) is 2. The minimum Gasteiger partial charge on any atom is -0.299 e. The lowest BCUT2D eigenvalue weighted by atomic mass is 10.1. The Balaban J connectivity index is 2.04. The predicted octanol–water partition coefficient (Wildman–Crippen LogP) is 3.44. The van der Waals surface area contributed by atoms with Crippen LogP contribution in [0.3, 0.4) is 0 Å². The molecule has 2 heteroatoms. The molecule has 2 nitrogen and oxygen atoms in total. The van der Waals surface area contributed by atoms with E-state index in [1.165, 1.54) is 11.1 Å². The first-order valence-electron chi connectivity index (χ1n) is 6.79. The van der Waals surface area contributed by atoms with Crippen LogP contribution in [0.5, 0.6) is 0 Å². The third kappa shape index (κ3) is 4.82. The van der Waals surface area contributed by atoms with E-state index in [0.717, 1.165) is 25.9 Å². The van der Waals surface area contributed by atoms with Gasteiger partial charge in [0.15, 0.2) is 0 Å². The van der Waals surface area contributed by atoms with Crippen molar-refractivity contribution < 1.29 is 4.79 Å². The fourth-order valence-electron chi connectivity index (χ4n) is 2.13. The van der Waals surface area contributed by atoms with Crippen molar-refractivity contribution in [1.82, 2.24) is 4.90 Å². The summed E-state index contributed by atoms with van der Waals surface area (Å²) in [6, 6.07) is 20.8. The molecule has 102 valence electrons. The van der Waals surface area contributed by atoms with Crippen molar-refractivity contribution in [1.29, 1.82) is 0 Å². The van der Waals surface area contributed by atoms with Gasteiger partial charge < -0.3 is 0 Å². The number of nitrogens with zero attached hydrogens (tertiary/aromatic N) is 1. The Labute approximate surface area is 120 Å². The molecule has 0 saturated carbocycles. The van der Waals surface area contributed by atoms with Gasteiger partial charge >= 0.3 is 0 Å². The van der Waals surface area contributed by atoms with Crippen LogP contribution in [0.15, 0.2) is 72.8 Å². The summed E-state index contributed by atoms with van der Waals surface area (Å²) in [4.78, 5) is 12.7. The molecule has 0 saturated heterocycles. The second kappa shape index (κ2) is 8.08. The van der Waals surface area contributed by atoms with Crippen LogP contribution < -0.4 is 0 Å². The standard InChI is InChI=1S/C18H19NO/c20-14-8-7-13-19(15-17-9-3-1-4-10-17)16-18-11-5-2-6-12-18/h1-12,14H,13,15-16H2/b8-7+. The quantitative estimate of drug-likeness (QED) is 0.564. The van der Waals surface area contributed by atoms with Crippen LogP contribution in [0.4, 0.5) is 0 Å². The van der Waals surface area contributed by atoms with Gasteiger partial charge in [0.25, 0.3) is 0 Å². The highest BCUT2D eigenvalue weighted by Gasteiger charge is 2.05. The zero-order valence-corrected chi connectivity index (χ0v) is 11.5. The Bertz CT molecular complexity index is 492. The first-order chi connectivity index (χ1) is 9.88. The minimum atomic E-state index is 0.766. The molecule has 2 aromatic rings. The summed E-state index contributed by atoms with van der Waals surface area (Å²) in [6.07, 6.45) is 4.28. The summed E-state index contributed by atoms with van der Waals surface area (Å²) >= 11 is 0. The number of allylic oxidation sites excluding steroid dienone is 1. The number of benzene rings is 2. The van der Waals surface area contributed by atoms with E-state index in [4.69, 9.17) is 0 Å². The Morgan fingerprint density at radius 3 is 1.75 bits per heavy atom. The van der Waals surface area contributed by atoms with E-state index in [1.807, 2.05) is 18.2 Å². The van der Waals surface area contributed by atoms with Crippen molar-refractivity contribution in [3.8, 4) is 0 Å². The maximum absolute atomic E-state index is 10.4. The molecule has 0 aliphatic carbocycles. The van der Waals surface area contributed by atoms with Crippen molar-refractivity contribution >= 4 is 6.29 Å². The van der Waals surface area contributed by atoms with Crippen LogP contribution >= 0.6 is 0 Å². The van der Waals surface area contributed by atoms with Gasteiger partial charge in [-0.3, -0.25) is 9.69 Å². The monoisotopic (exact) mass is 265 g/mol. The molecule has 0 spiro atoms. The first kappa shape index (κ1) is 14.2. The van der Waals surface area contributed by atoms with Gasteiger partial charge in [-0.25, -0.2) is 0 Å². The zero-order chi connectivity index (χ0) is 14.0. The molecule has 0 fully saturated rings. The molecule has 0 atom stereocenters. The van der Waals surface area contributed by atoms with Gasteiger partial charge in [0.05, 0.1) is 0 Å². The van der Waals surface area contributed by atoms with Crippen LogP contribution in [-0.2, 0) is 17.9 Å². The Hall–Kier alpha value is -2.19. The molecule has 0 aliphatic rings. The number of hydrogen-bond donors (Lipinski definition) is 0. The first-order valence-corrected chi connectivity index (χ1v) is 6.79. The van der Waals surface area contributed by atoms with E-state index >= 15 is 0 Å². The maximum Gasteiger partial charge on any atom is 0.142 e. The smallest absolute Gasteiger partial charge is 0.142 e. The van der Waals surface area contributed by atoms with Crippen LogP contribution in [0.25, 0.3) is 0 Å². The van der Waals surface area contributed by atoms with Crippen molar-refractivity contribution in [3.05, 3.63) is 83.9 Å². The SMILES string of the molecule is O=C/C=C/CN(Cc1ccccc1)Cc1ccccc1. The number of carbonyl (C=O) groups is 1. The van der Waals surface area contributed by atoms with E-state index in [1.54, 1.807) is 6.08 Å². The minimum absolute atomic E-state index is 0.766. The second-order valence-corrected chi connectivity index (χ2v) is 4.71. The summed E-state index contributed by atoms with van der Waals surface area (Å²) in [5.41, 5.74) is 2.56. The molecule has 0 aliphatic heterocycles. The molecule has 0 bridgehead atoms. The largest absolute Gasteiger partial charge is 0.299 e. The molecule has 2 rings (SSSR count). The van der Waals surface area contributed by atoms with E-state index in [-0.39, 0.29) is 0 Å². The van der Waals surface area contributed by atoms with Crippen LogP contribution in [-0.4, -0.2) is 17.7 Å². The molecule has 0 unspecified atom stereocenters. The molecule has 0 amide bonds. The van der Waals surface area contributed by atoms with Crippen LogP contribution in [0.2, 0.25) is 0 Å². The topological polar surface area (TPSA) is 20.3 Å². The highest BCUT2D eigenvalue weighted by atomic mass is 16.1. The molecule has 0 aromatic heterocycles. The van der Waals surface area contributed by atoms with Gasteiger partial charge in [-0.2, -0.15) is 0 Å². The fourth-order valence-corrected chi connectivity index (χ4v) is 2.13. The van der Waals surface area contributed by atoms with E-state index in [0.29, 0.717) is 0 Å².